The highest BCUT2D eigenvalue weighted by molar-refractivity contribution is 5.94. The number of hydrogen-bond donors (Lipinski definition) is 0. The van der Waals surface area contributed by atoms with Gasteiger partial charge in [-0.15, -0.1) is 0 Å². The van der Waals surface area contributed by atoms with Gasteiger partial charge in [0.25, 0.3) is 5.91 Å². The Bertz CT molecular complexity index is 752. The number of aromatic nitrogens is 1. The highest BCUT2D eigenvalue weighted by Gasteiger charge is 2.20. The molecule has 3 rings (SSSR count). The van der Waals surface area contributed by atoms with Crippen molar-refractivity contribution in [3.05, 3.63) is 65.5 Å². The monoisotopic (exact) mass is 375 g/mol. The molecule has 0 aliphatic carbocycles. The van der Waals surface area contributed by atoms with Gasteiger partial charge in [0.1, 0.15) is 11.6 Å². The number of hydrogen-bond acceptors (Lipinski definition) is 4. The third kappa shape index (κ3) is 5.55. The first kappa shape index (κ1) is 19.4. The molecule has 5 nitrogen and oxygen atoms in total. The summed E-state index contributed by atoms with van der Waals surface area (Å²) in [6.07, 6.45) is 4.10. The van der Waals surface area contributed by atoms with Crippen LogP contribution in [-0.2, 0) is 11.3 Å². The van der Waals surface area contributed by atoms with Crippen LogP contribution in [0.2, 0.25) is 0 Å². The summed E-state index contributed by atoms with van der Waals surface area (Å²) in [6, 6.07) is 6.71. The van der Waals surface area contributed by atoms with E-state index in [0.717, 1.165) is 57.0 Å². The van der Waals surface area contributed by atoms with Crippen LogP contribution in [0.4, 0.5) is 8.78 Å². The van der Waals surface area contributed by atoms with Crippen molar-refractivity contribution in [1.29, 1.82) is 0 Å². The minimum Gasteiger partial charge on any atom is -0.379 e. The van der Waals surface area contributed by atoms with Crippen molar-refractivity contribution in [3.63, 3.8) is 0 Å². The molecule has 1 fully saturated rings. The standard InChI is InChI=1S/C20H23F2N3O2/c21-17-4-5-18(19(22)13-17)20(26)25(15-16-3-1-6-23-14-16)8-2-7-24-9-11-27-12-10-24/h1,3-6,13-14H,2,7-12,15H2. The lowest BCUT2D eigenvalue weighted by molar-refractivity contribution is 0.0355. The molecule has 0 saturated carbocycles. The Kier molecular flexibility index (Phi) is 6.84. The molecule has 144 valence electrons. The van der Waals surface area contributed by atoms with E-state index in [-0.39, 0.29) is 5.56 Å². The summed E-state index contributed by atoms with van der Waals surface area (Å²) in [5.41, 5.74) is 0.742. The van der Waals surface area contributed by atoms with Gasteiger partial charge in [-0.3, -0.25) is 14.7 Å². The van der Waals surface area contributed by atoms with Gasteiger partial charge in [0.2, 0.25) is 0 Å². The number of pyridine rings is 1. The fourth-order valence-electron chi connectivity index (χ4n) is 3.11. The minimum atomic E-state index is -0.843. The Morgan fingerprint density at radius 2 is 2.04 bits per heavy atom. The summed E-state index contributed by atoms with van der Waals surface area (Å²) in [5, 5.41) is 0. The number of morpholine rings is 1. The Balaban J connectivity index is 1.69. The molecule has 0 spiro atoms. The maximum atomic E-state index is 14.1. The van der Waals surface area contributed by atoms with E-state index in [1.807, 2.05) is 6.07 Å². The van der Waals surface area contributed by atoms with Crippen molar-refractivity contribution in [3.8, 4) is 0 Å². The second-order valence-electron chi connectivity index (χ2n) is 6.52. The lowest BCUT2D eigenvalue weighted by atomic mass is 10.1. The Hall–Kier alpha value is -2.38. The van der Waals surface area contributed by atoms with E-state index in [4.69, 9.17) is 4.74 Å². The molecule has 0 N–H and O–H groups in total. The van der Waals surface area contributed by atoms with Crippen LogP contribution in [0.1, 0.15) is 22.3 Å². The van der Waals surface area contributed by atoms with Crippen molar-refractivity contribution in [1.82, 2.24) is 14.8 Å². The molecule has 1 aromatic heterocycles. The summed E-state index contributed by atoms with van der Waals surface area (Å²) >= 11 is 0. The van der Waals surface area contributed by atoms with Gasteiger partial charge in [-0.2, -0.15) is 0 Å². The van der Waals surface area contributed by atoms with Crippen molar-refractivity contribution in [2.75, 3.05) is 39.4 Å². The average molecular weight is 375 g/mol. The van der Waals surface area contributed by atoms with E-state index in [1.165, 1.54) is 6.07 Å². The van der Waals surface area contributed by atoms with E-state index >= 15 is 0 Å². The second-order valence-corrected chi connectivity index (χ2v) is 6.52. The Morgan fingerprint density at radius 3 is 2.74 bits per heavy atom. The van der Waals surface area contributed by atoms with Gasteiger partial charge in [-0.25, -0.2) is 8.78 Å². The molecule has 27 heavy (non-hydrogen) atoms. The molecular weight excluding hydrogens is 352 g/mol. The second kappa shape index (κ2) is 9.53. The molecule has 0 unspecified atom stereocenters. The Morgan fingerprint density at radius 1 is 1.22 bits per heavy atom. The first-order valence-corrected chi connectivity index (χ1v) is 9.07. The van der Waals surface area contributed by atoms with E-state index in [9.17, 15) is 13.6 Å². The van der Waals surface area contributed by atoms with E-state index in [1.54, 1.807) is 23.4 Å². The topological polar surface area (TPSA) is 45.7 Å². The van der Waals surface area contributed by atoms with Gasteiger partial charge < -0.3 is 9.64 Å². The van der Waals surface area contributed by atoms with Crippen molar-refractivity contribution >= 4 is 5.91 Å². The molecule has 0 radical (unpaired) electrons. The maximum absolute atomic E-state index is 14.1. The zero-order valence-corrected chi connectivity index (χ0v) is 15.1. The highest BCUT2D eigenvalue weighted by atomic mass is 19.1. The van der Waals surface area contributed by atoms with Crippen molar-refractivity contribution in [2.45, 2.75) is 13.0 Å². The highest BCUT2D eigenvalue weighted by Crippen LogP contribution is 2.15. The zero-order chi connectivity index (χ0) is 19.1. The van der Waals surface area contributed by atoms with Crippen molar-refractivity contribution < 1.29 is 18.3 Å². The predicted molar refractivity (Wildman–Crippen MR) is 97.2 cm³/mol. The summed E-state index contributed by atoms with van der Waals surface area (Å²) < 4.78 is 32.6. The fourth-order valence-corrected chi connectivity index (χ4v) is 3.11. The van der Waals surface area contributed by atoms with Crippen LogP contribution < -0.4 is 0 Å². The van der Waals surface area contributed by atoms with Crippen LogP contribution in [0.25, 0.3) is 0 Å². The van der Waals surface area contributed by atoms with Crippen molar-refractivity contribution in [2.24, 2.45) is 0 Å². The number of benzene rings is 1. The lowest BCUT2D eigenvalue weighted by Crippen LogP contribution is -2.39. The third-order valence-electron chi connectivity index (χ3n) is 4.55. The zero-order valence-electron chi connectivity index (χ0n) is 15.1. The number of carbonyl (C=O) groups excluding carboxylic acids is 1. The molecule has 0 bridgehead atoms. The molecule has 2 heterocycles. The van der Waals surface area contributed by atoms with Crippen LogP contribution in [0.5, 0.6) is 0 Å². The molecule has 1 aliphatic rings. The summed E-state index contributed by atoms with van der Waals surface area (Å²) in [5.74, 6) is -1.99. The summed E-state index contributed by atoms with van der Waals surface area (Å²) in [6.45, 7) is 4.84. The molecule has 0 atom stereocenters. The largest absolute Gasteiger partial charge is 0.379 e. The van der Waals surface area contributed by atoms with Gasteiger partial charge in [0.05, 0.1) is 18.8 Å². The van der Waals surface area contributed by atoms with E-state index in [0.29, 0.717) is 13.1 Å². The number of ether oxygens (including phenoxy) is 1. The van der Waals surface area contributed by atoms with Gasteiger partial charge in [-0.1, -0.05) is 6.07 Å². The van der Waals surface area contributed by atoms with Crippen LogP contribution in [-0.4, -0.2) is 60.1 Å². The Labute approximate surface area is 157 Å². The summed E-state index contributed by atoms with van der Waals surface area (Å²) in [4.78, 5) is 20.8. The van der Waals surface area contributed by atoms with Gasteiger partial charge >= 0.3 is 0 Å². The van der Waals surface area contributed by atoms with E-state index < -0.39 is 17.5 Å². The van der Waals surface area contributed by atoms with Gasteiger partial charge in [0.15, 0.2) is 0 Å². The smallest absolute Gasteiger partial charge is 0.257 e. The van der Waals surface area contributed by atoms with Gasteiger partial charge in [0, 0.05) is 51.2 Å². The van der Waals surface area contributed by atoms with Crippen LogP contribution in [0.3, 0.4) is 0 Å². The molecule has 1 aromatic carbocycles. The molecule has 1 amide bonds. The molecule has 1 saturated heterocycles. The number of carbonyl (C=O) groups is 1. The third-order valence-corrected chi connectivity index (χ3v) is 4.55. The minimum absolute atomic E-state index is 0.119. The number of nitrogens with zero attached hydrogens (tertiary/aromatic N) is 3. The predicted octanol–water partition coefficient (Wildman–Crippen LogP) is 2.72. The quantitative estimate of drug-likeness (QED) is 0.747. The van der Waals surface area contributed by atoms with Crippen LogP contribution in [0, 0.1) is 11.6 Å². The van der Waals surface area contributed by atoms with Crippen LogP contribution in [0.15, 0.2) is 42.7 Å². The first-order valence-electron chi connectivity index (χ1n) is 9.07. The number of amides is 1. The first-order chi connectivity index (χ1) is 13.1. The lowest BCUT2D eigenvalue weighted by Gasteiger charge is -2.28. The molecule has 1 aliphatic heterocycles. The van der Waals surface area contributed by atoms with Crippen LogP contribution >= 0.6 is 0 Å². The SMILES string of the molecule is O=C(c1ccc(F)cc1F)N(CCCN1CCOCC1)Cc1cccnc1. The summed E-state index contributed by atoms with van der Waals surface area (Å²) in [7, 11) is 0. The normalized spacial score (nSPS) is 14.9. The number of rotatable bonds is 7. The average Bonchev–Trinajstić information content (AvgIpc) is 2.68. The molecule has 2 aromatic rings. The van der Waals surface area contributed by atoms with E-state index in [2.05, 4.69) is 9.88 Å². The number of halogens is 2. The van der Waals surface area contributed by atoms with Gasteiger partial charge in [-0.05, 0) is 30.2 Å². The fraction of sp³-hybridized carbons (Fsp3) is 0.400. The molecular formula is C20H23F2N3O2. The maximum Gasteiger partial charge on any atom is 0.257 e. The molecule has 7 heteroatoms.